The molecule has 7 nitrogen and oxygen atoms in total. The van der Waals surface area contributed by atoms with E-state index in [4.69, 9.17) is 16.0 Å². The maximum Gasteiger partial charge on any atom is 0.249 e. The summed E-state index contributed by atoms with van der Waals surface area (Å²) in [5.41, 5.74) is 1.74. The Morgan fingerprint density at radius 1 is 1.16 bits per heavy atom. The van der Waals surface area contributed by atoms with E-state index < -0.39 is 10.0 Å². The SMILES string of the molecule is Cc1ccc(S(=O)(=O)NCC2CCCN(Cc3nnc(-c4ccccc4Cl)o3)C2)cc1. The van der Waals surface area contributed by atoms with Gasteiger partial charge in [0.25, 0.3) is 0 Å². The van der Waals surface area contributed by atoms with E-state index in [2.05, 4.69) is 19.8 Å². The van der Waals surface area contributed by atoms with E-state index in [-0.39, 0.29) is 5.92 Å². The minimum absolute atomic E-state index is 0.222. The van der Waals surface area contributed by atoms with Gasteiger partial charge in [0.1, 0.15) is 0 Å². The number of aryl methyl sites for hydroxylation is 1. The molecule has 0 spiro atoms. The summed E-state index contributed by atoms with van der Waals surface area (Å²) in [6, 6.07) is 14.2. The van der Waals surface area contributed by atoms with Crippen molar-refractivity contribution in [2.75, 3.05) is 19.6 Å². The Hall–Kier alpha value is -2.26. The molecule has 31 heavy (non-hydrogen) atoms. The maximum absolute atomic E-state index is 12.6. The molecule has 0 bridgehead atoms. The summed E-state index contributed by atoms with van der Waals surface area (Å²) in [6.07, 6.45) is 1.96. The van der Waals surface area contributed by atoms with E-state index >= 15 is 0 Å². The number of halogens is 1. The third-order valence-corrected chi connectivity index (χ3v) is 7.20. The van der Waals surface area contributed by atoms with Crippen LogP contribution in [0.2, 0.25) is 5.02 Å². The number of hydrogen-bond acceptors (Lipinski definition) is 6. The number of rotatable bonds is 7. The van der Waals surface area contributed by atoms with Crippen molar-refractivity contribution >= 4 is 21.6 Å². The standard InChI is InChI=1S/C22H25ClN4O3S/c1-16-8-10-18(11-9-16)31(28,29)24-13-17-5-4-12-27(14-17)15-21-25-26-22(30-21)19-6-2-3-7-20(19)23/h2-3,6-11,17,24H,4-5,12-15H2,1H3. The summed E-state index contributed by atoms with van der Waals surface area (Å²) in [7, 11) is -3.51. The van der Waals surface area contributed by atoms with Gasteiger partial charge in [0.15, 0.2) is 0 Å². The van der Waals surface area contributed by atoms with E-state index in [1.54, 1.807) is 30.3 Å². The molecule has 0 amide bonds. The molecule has 0 saturated carbocycles. The molecule has 4 rings (SSSR count). The maximum atomic E-state index is 12.6. The first-order valence-electron chi connectivity index (χ1n) is 10.3. The zero-order valence-electron chi connectivity index (χ0n) is 17.3. The molecule has 1 N–H and O–H groups in total. The van der Waals surface area contributed by atoms with E-state index in [1.807, 2.05) is 25.1 Å². The molecule has 0 aliphatic carbocycles. The number of likely N-dealkylation sites (tertiary alicyclic amines) is 1. The number of sulfonamides is 1. The quantitative estimate of drug-likeness (QED) is 0.575. The second-order valence-corrected chi connectivity index (χ2v) is 10.1. The van der Waals surface area contributed by atoms with Crippen LogP contribution < -0.4 is 4.72 Å². The first kappa shape index (κ1) is 22.0. The molecule has 1 atom stereocenters. The third kappa shape index (κ3) is 5.51. The molecule has 0 radical (unpaired) electrons. The Morgan fingerprint density at radius 2 is 1.94 bits per heavy atom. The van der Waals surface area contributed by atoms with Crippen LogP contribution in [0.3, 0.4) is 0 Å². The average Bonchev–Trinajstić information content (AvgIpc) is 3.21. The minimum Gasteiger partial charge on any atom is -0.419 e. The summed E-state index contributed by atoms with van der Waals surface area (Å²) in [4.78, 5) is 2.52. The number of nitrogens with one attached hydrogen (secondary N) is 1. The van der Waals surface area contributed by atoms with Crippen LogP contribution >= 0.6 is 11.6 Å². The predicted octanol–water partition coefficient (Wildman–Crippen LogP) is 3.89. The normalized spacial score (nSPS) is 17.7. The Bertz CT molecular complexity index is 1130. The molecule has 1 fully saturated rings. The zero-order valence-corrected chi connectivity index (χ0v) is 18.9. The summed E-state index contributed by atoms with van der Waals surface area (Å²) in [5.74, 6) is 1.15. The first-order valence-corrected chi connectivity index (χ1v) is 12.1. The highest BCUT2D eigenvalue weighted by Gasteiger charge is 2.24. The predicted molar refractivity (Wildman–Crippen MR) is 119 cm³/mol. The first-order chi connectivity index (χ1) is 14.9. The molecule has 3 aromatic rings. The molecule has 2 heterocycles. The van der Waals surface area contributed by atoms with Gasteiger partial charge >= 0.3 is 0 Å². The Morgan fingerprint density at radius 3 is 2.71 bits per heavy atom. The average molecular weight is 461 g/mol. The van der Waals surface area contributed by atoms with Crippen molar-refractivity contribution in [3.8, 4) is 11.5 Å². The van der Waals surface area contributed by atoms with E-state index in [0.717, 1.165) is 31.5 Å². The number of benzene rings is 2. The van der Waals surface area contributed by atoms with Crippen molar-refractivity contribution in [1.82, 2.24) is 19.8 Å². The lowest BCUT2D eigenvalue weighted by Crippen LogP contribution is -2.40. The van der Waals surface area contributed by atoms with Crippen LogP contribution in [0.25, 0.3) is 11.5 Å². The number of piperidine rings is 1. The van der Waals surface area contributed by atoms with E-state index in [9.17, 15) is 8.42 Å². The van der Waals surface area contributed by atoms with Crippen molar-refractivity contribution in [2.24, 2.45) is 5.92 Å². The fourth-order valence-corrected chi connectivity index (χ4v) is 5.07. The molecular weight excluding hydrogens is 436 g/mol. The fraction of sp³-hybridized carbons (Fsp3) is 0.364. The summed E-state index contributed by atoms with van der Waals surface area (Å²) >= 11 is 6.21. The highest BCUT2D eigenvalue weighted by molar-refractivity contribution is 7.89. The zero-order chi connectivity index (χ0) is 21.8. The van der Waals surface area contributed by atoms with Crippen LogP contribution in [0.1, 0.15) is 24.3 Å². The van der Waals surface area contributed by atoms with Crippen LogP contribution in [0.15, 0.2) is 57.8 Å². The lowest BCUT2D eigenvalue weighted by atomic mass is 9.98. The number of hydrogen-bond donors (Lipinski definition) is 1. The summed E-state index contributed by atoms with van der Waals surface area (Å²) < 4.78 is 33.7. The lowest BCUT2D eigenvalue weighted by Gasteiger charge is -2.31. The van der Waals surface area contributed by atoms with Gasteiger partial charge in [0.05, 0.1) is 22.0 Å². The molecule has 1 aromatic heterocycles. The fourth-order valence-electron chi connectivity index (χ4n) is 3.74. The molecule has 1 aliphatic heterocycles. The van der Waals surface area contributed by atoms with Gasteiger partial charge in [-0.2, -0.15) is 0 Å². The van der Waals surface area contributed by atoms with Gasteiger partial charge in [-0.1, -0.05) is 41.4 Å². The van der Waals surface area contributed by atoms with Crippen molar-refractivity contribution < 1.29 is 12.8 Å². The van der Waals surface area contributed by atoms with Crippen molar-refractivity contribution in [3.63, 3.8) is 0 Å². The molecule has 9 heteroatoms. The number of aromatic nitrogens is 2. The Balaban J connectivity index is 1.34. The Labute approximate surface area is 187 Å². The van der Waals surface area contributed by atoms with Gasteiger partial charge in [-0.25, -0.2) is 13.1 Å². The highest BCUT2D eigenvalue weighted by Crippen LogP contribution is 2.27. The van der Waals surface area contributed by atoms with Crippen molar-refractivity contribution in [3.05, 3.63) is 65.0 Å². The minimum atomic E-state index is -3.51. The van der Waals surface area contributed by atoms with Crippen LogP contribution in [0.5, 0.6) is 0 Å². The van der Waals surface area contributed by atoms with E-state index in [0.29, 0.717) is 40.4 Å². The van der Waals surface area contributed by atoms with Gasteiger partial charge in [0, 0.05) is 13.1 Å². The van der Waals surface area contributed by atoms with Crippen molar-refractivity contribution in [2.45, 2.75) is 31.2 Å². The smallest absolute Gasteiger partial charge is 0.249 e. The molecule has 1 aliphatic rings. The van der Waals surface area contributed by atoms with Gasteiger partial charge in [-0.05, 0) is 56.5 Å². The second kappa shape index (κ2) is 9.48. The molecule has 1 saturated heterocycles. The van der Waals surface area contributed by atoms with Gasteiger partial charge in [-0.3, -0.25) is 4.90 Å². The van der Waals surface area contributed by atoms with Gasteiger partial charge in [0.2, 0.25) is 21.8 Å². The van der Waals surface area contributed by atoms with Crippen LogP contribution in [-0.4, -0.2) is 43.1 Å². The monoisotopic (exact) mass is 460 g/mol. The van der Waals surface area contributed by atoms with E-state index in [1.165, 1.54) is 0 Å². The second-order valence-electron chi connectivity index (χ2n) is 7.89. The largest absolute Gasteiger partial charge is 0.419 e. The van der Waals surface area contributed by atoms with Crippen LogP contribution in [-0.2, 0) is 16.6 Å². The Kier molecular flexibility index (Phi) is 6.71. The highest BCUT2D eigenvalue weighted by atomic mass is 35.5. The molecular formula is C22H25ClN4O3S. The van der Waals surface area contributed by atoms with Gasteiger partial charge in [-0.15, -0.1) is 10.2 Å². The molecule has 1 unspecified atom stereocenters. The van der Waals surface area contributed by atoms with Gasteiger partial charge < -0.3 is 4.42 Å². The number of nitrogens with zero attached hydrogens (tertiary/aromatic N) is 3. The molecule has 2 aromatic carbocycles. The summed E-state index contributed by atoms with van der Waals surface area (Å²) in [6.45, 7) is 4.53. The molecule has 164 valence electrons. The lowest BCUT2D eigenvalue weighted by molar-refractivity contribution is 0.156. The third-order valence-electron chi connectivity index (χ3n) is 5.43. The topological polar surface area (TPSA) is 88.3 Å². The van der Waals surface area contributed by atoms with Crippen LogP contribution in [0.4, 0.5) is 0 Å². The summed E-state index contributed by atoms with van der Waals surface area (Å²) in [5, 5.41) is 8.84. The van der Waals surface area contributed by atoms with Crippen LogP contribution in [0, 0.1) is 12.8 Å². The van der Waals surface area contributed by atoms with Crippen molar-refractivity contribution in [1.29, 1.82) is 0 Å².